The van der Waals surface area contributed by atoms with E-state index in [1.54, 1.807) is 5.32 Å². The van der Waals surface area contributed by atoms with Crippen LogP contribution in [0.3, 0.4) is 0 Å². The molecule has 0 radical (unpaired) electrons. The molecule has 154 valence electrons. The molecule has 2 heterocycles. The number of rotatable bonds is 3. The second-order valence-electron chi connectivity index (χ2n) is 6.37. The molecule has 1 N–H and O–H groups in total. The highest BCUT2D eigenvalue weighted by molar-refractivity contribution is 6.23. The summed E-state index contributed by atoms with van der Waals surface area (Å²) in [5, 5.41) is 1.76. The molecule has 3 rings (SSSR count). The average Bonchev–Trinajstić information content (AvgIpc) is 2.87. The SMILES string of the molecule is O=C1N[C@@](N2CCCCC2)(C(F)(F)F)C(=O)N1c1ccc(OC(F)(F)F)cc1. The summed E-state index contributed by atoms with van der Waals surface area (Å²) >= 11 is 0. The van der Waals surface area contributed by atoms with Crippen LogP contribution in [0, 0.1) is 0 Å². The molecule has 0 aromatic heterocycles. The first-order valence-corrected chi connectivity index (χ1v) is 8.30. The van der Waals surface area contributed by atoms with Crippen LogP contribution in [-0.2, 0) is 4.79 Å². The summed E-state index contributed by atoms with van der Waals surface area (Å²) in [4.78, 5) is 26.2. The standard InChI is InChI=1S/C16H15F6N3O3/c17-15(18,19)14(24-8-2-1-3-9-24)12(26)25(13(27)23-14)10-4-6-11(7-5-10)28-16(20,21)22/h4-7H,1-3,8-9H2,(H,23,27)/t14-/m0/s1. The molecule has 0 aliphatic carbocycles. The van der Waals surface area contributed by atoms with E-state index in [-0.39, 0.29) is 23.7 Å². The minimum atomic E-state index is -5.09. The summed E-state index contributed by atoms with van der Waals surface area (Å²) in [6, 6.07) is 2.11. The molecule has 28 heavy (non-hydrogen) atoms. The van der Waals surface area contributed by atoms with Crippen LogP contribution in [-0.4, -0.2) is 48.1 Å². The monoisotopic (exact) mass is 411 g/mol. The van der Waals surface area contributed by atoms with Crippen molar-refractivity contribution in [2.75, 3.05) is 18.0 Å². The third-order valence-electron chi connectivity index (χ3n) is 4.57. The molecule has 12 heteroatoms. The van der Waals surface area contributed by atoms with Crippen LogP contribution in [0.2, 0.25) is 0 Å². The van der Waals surface area contributed by atoms with E-state index in [2.05, 4.69) is 4.74 Å². The van der Waals surface area contributed by atoms with Crippen LogP contribution in [0.1, 0.15) is 19.3 Å². The van der Waals surface area contributed by atoms with Gasteiger partial charge in [-0.25, -0.2) is 9.69 Å². The molecule has 0 bridgehead atoms. The number of piperidine rings is 1. The van der Waals surface area contributed by atoms with Crippen LogP contribution in [0.15, 0.2) is 24.3 Å². The number of alkyl halides is 6. The molecule has 1 aromatic carbocycles. The van der Waals surface area contributed by atoms with Gasteiger partial charge in [0.1, 0.15) is 5.75 Å². The third kappa shape index (κ3) is 3.48. The summed E-state index contributed by atoms with van der Waals surface area (Å²) in [7, 11) is 0. The van der Waals surface area contributed by atoms with E-state index >= 15 is 0 Å². The maximum absolute atomic E-state index is 13.9. The van der Waals surface area contributed by atoms with Crippen molar-refractivity contribution in [2.24, 2.45) is 0 Å². The highest BCUT2D eigenvalue weighted by atomic mass is 19.4. The average molecular weight is 411 g/mol. The Hall–Kier alpha value is -2.50. The van der Waals surface area contributed by atoms with Gasteiger partial charge in [0.2, 0.25) is 0 Å². The number of benzene rings is 1. The lowest BCUT2D eigenvalue weighted by atomic mass is 10.0. The number of nitrogens with one attached hydrogen (secondary N) is 1. The molecule has 2 saturated heterocycles. The first kappa shape index (κ1) is 20.2. The topological polar surface area (TPSA) is 61.9 Å². The molecule has 0 spiro atoms. The van der Waals surface area contributed by atoms with Crippen LogP contribution in [0.25, 0.3) is 0 Å². The highest BCUT2D eigenvalue weighted by Gasteiger charge is 2.70. The van der Waals surface area contributed by atoms with Crippen LogP contribution < -0.4 is 15.0 Å². The zero-order valence-corrected chi connectivity index (χ0v) is 14.2. The molecule has 0 unspecified atom stereocenters. The predicted octanol–water partition coefficient (Wildman–Crippen LogP) is 3.39. The Morgan fingerprint density at radius 1 is 0.929 bits per heavy atom. The Morgan fingerprint density at radius 3 is 2.00 bits per heavy atom. The van der Waals surface area contributed by atoms with E-state index in [0.29, 0.717) is 19.3 Å². The van der Waals surface area contributed by atoms with Gasteiger partial charge in [0.05, 0.1) is 5.69 Å². The maximum Gasteiger partial charge on any atom is 0.573 e. The lowest BCUT2D eigenvalue weighted by Gasteiger charge is -2.41. The number of ether oxygens (including phenoxy) is 1. The van der Waals surface area contributed by atoms with Crippen molar-refractivity contribution in [1.29, 1.82) is 0 Å². The van der Waals surface area contributed by atoms with Gasteiger partial charge in [-0.1, -0.05) is 6.42 Å². The quantitative estimate of drug-likeness (QED) is 0.612. The lowest BCUT2D eigenvalue weighted by molar-refractivity contribution is -0.274. The van der Waals surface area contributed by atoms with Gasteiger partial charge in [0.25, 0.3) is 11.6 Å². The van der Waals surface area contributed by atoms with E-state index in [9.17, 15) is 35.9 Å². The van der Waals surface area contributed by atoms with Gasteiger partial charge in [-0.3, -0.25) is 9.69 Å². The Labute approximate surface area is 155 Å². The number of carbonyl (C=O) groups excluding carboxylic acids is 2. The molecule has 6 nitrogen and oxygen atoms in total. The Balaban J connectivity index is 1.93. The highest BCUT2D eigenvalue weighted by Crippen LogP contribution is 2.41. The van der Waals surface area contributed by atoms with Gasteiger partial charge in [-0.2, -0.15) is 13.2 Å². The number of likely N-dealkylation sites (tertiary alicyclic amines) is 1. The third-order valence-corrected chi connectivity index (χ3v) is 4.57. The molecule has 1 atom stereocenters. The Bertz CT molecular complexity index is 758. The van der Waals surface area contributed by atoms with Gasteiger partial charge in [0.15, 0.2) is 0 Å². The summed E-state index contributed by atoms with van der Waals surface area (Å²) < 4.78 is 82.1. The summed E-state index contributed by atoms with van der Waals surface area (Å²) in [5.41, 5.74) is -3.51. The van der Waals surface area contributed by atoms with Crippen molar-refractivity contribution >= 4 is 17.6 Å². The second kappa shape index (κ2) is 6.83. The number of halogens is 6. The molecular weight excluding hydrogens is 396 g/mol. The molecule has 2 aliphatic rings. The summed E-state index contributed by atoms with van der Waals surface area (Å²) in [5.74, 6) is -2.18. The largest absolute Gasteiger partial charge is 0.573 e. The minimum Gasteiger partial charge on any atom is -0.406 e. The normalized spacial score (nSPS) is 24.4. The Kier molecular flexibility index (Phi) is 4.94. The first-order valence-electron chi connectivity index (χ1n) is 8.30. The van der Waals surface area contributed by atoms with E-state index in [1.807, 2.05) is 0 Å². The number of carbonyl (C=O) groups is 2. The second-order valence-corrected chi connectivity index (χ2v) is 6.37. The zero-order valence-electron chi connectivity index (χ0n) is 14.2. The number of imide groups is 1. The fourth-order valence-electron chi connectivity index (χ4n) is 3.36. The van der Waals surface area contributed by atoms with Gasteiger partial charge in [-0.05, 0) is 37.1 Å². The number of anilines is 1. The van der Waals surface area contributed by atoms with Gasteiger partial charge in [0, 0.05) is 13.1 Å². The van der Waals surface area contributed by atoms with Gasteiger partial charge >= 0.3 is 18.6 Å². The van der Waals surface area contributed by atoms with Gasteiger partial charge < -0.3 is 10.1 Å². The van der Waals surface area contributed by atoms with E-state index in [4.69, 9.17) is 0 Å². The van der Waals surface area contributed by atoms with Crippen LogP contribution in [0.5, 0.6) is 5.75 Å². The minimum absolute atomic E-state index is 0.0300. The summed E-state index contributed by atoms with van der Waals surface area (Å²) in [6.07, 6.45) is -8.47. The molecule has 3 amide bonds. The molecule has 2 fully saturated rings. The fraction of sp³-hybridized carbons (Fsp3) is 0.500. The van der Waals surface area contributed by atoms with Crippen LogP contribution >= 0.6 is 0 Å². The molecular formula is C16H15F6N3O3. The lowest BCUT2D eigenvalue weighted by Crippen LogP contribution is -2.70. The number of hydrogen-bond donors (Lipinski definition) is 1. The number of hydrogen-bond acceptors (Lipinski definition) is 4. The Morgan fingerprint density at radius 2 is 1.50 bits per heavy atom. The fourth-order valence-corrected chi connectivity index (χ4v) is 3.36. The molecule has 0 saturated carbocycles. The van der Waals surface area contributed by atoms with Crippen molar-refractivity contribution in [3.63, 3.8) is 0 Å². The number of nitrogens with zero attached hydrogens (tertiary/aromatic N) is 2. The van der Waals surface area contributed by atoms with E-state index in [0.717, 1.165) is 29.2 Å². The number of urea groups is 1. The predicted molar refractivity (Wildman–Crippen MR) is 83.4 cm³/mol. The number of amides is 3. The van der Waals surface area contributed by atoms with Crippen LogP contribution in [0.4, 0.5) is 36.8 Å². The van der Waals surface area contributed by atoms with E-state index in [1.165, 1.54) is 0 Å². The van der Waals surface area contributed by atoms with Crippen molar-refractivity contribution in [2.45, 2.75) is 37.5 Å². The zero-order chi connectivity index (χ0) is 20.7. The first-order chi connectivity index (χ1) is 13.0. The smallest absolute Gasteiger partial charge is 0.406 e. The van der Waals surface area contributed by atoms with Crippen molar-refractivity contribution in [3.8, 4) is 5.75 Å². The van der Waals surface area contributed by atoms with Gasteiger partial charge in [-0.15, -0.1) is 13.2 Å². The van der Waals surface area contributed by atoms with Crippen molar-refractivity contribution in [3.05, 3.63) is 24.3 Å². The molecule has 1 aromatic rings. The maximum atomic E-state index is 13.9. The van der Waals surface area contributed by atoms with Crippen molar-refractivity contribution < 1.29 is 40.7 Å². The summed E-state index contributed by atoms with van der Waals surface area (Å²) in [6.45, 7) is -0.0601. The molecule has 2 aliphatic heterocycles. The van der Waals surface area contributed by atoms with Crippen molar-refractivity contribution in [1.82, 2.24) is 10.2 Å². The van der Waals surface area contributed by atoms with E-state index < -0.39 is 35.9 Å².